The molecule has 2 atom stereocenters. The topological polar surface area (TPSA) is 56.5 Å². The molecule has 0 bridgehead atoms. The molecule has 18 heavy (non-hydrogen) atoms. The van der Waals surface area contributed by atoms with Gasteiger partial charge in [0, 0.05) is 24.8 Å². The Morgan fingerprint density at radius 3 is 2.56 bits per heavy atom. The minimum Gasteiger partial charge on any atom is -0.497 e. The van der Waals surface area contributed by atoms with Crippen LogP contribution in [-0.4, -0.2) is 20.3 Å². The summed E-state index contributed by atoms with van der Waals surface area (Å²) in [4.78, 5) is 0. The van der Waals surface area contributed by atoms with Crippen LogP contribution in [0, 0.1) is 5.82 Å². The summed E-state index contributed by atoms with van der Waals surface area (Å²) in [6.07, 6.45) is 1.63. The molecule has 0 saturated carbocycles. The van der Waals surface area contributed by atoms with Gasteiger partial charge in [-0.2, -0.15) is 0 Å². The van der Waals surface area contributed by atoms with Crippen molar-refractivity contribution in [2.24, 2.45) is 5.84 Å². The highest BCUT2D eigenvalue weighted by Gasteiger charge is 2.16. The first-order valence-electron chi connectivity index (χ1n) is 5.94. The molecule has 1 aromatic rings. The number of hydrogen-bond acceptors (Lipinski definition) is 4. The molecular weight excluding hydrogens is 235 g/mol. The second kappa shape index (κ2) is 7.31. The van der Waals surface area contributed by atoms with Gasteiger partial charge in [-0.05, 0) is 25.8 Å². The summed E-state index contributed by atoms with van der Waals surface area (Å²) < 4.78 is 24.0. The second-order valence-electron chi connectivity index (χ2n) is 4.23. The first-order valence-corrected chi connectivity index (χ1v) is 5.94. The molecule has 5 heteroatoms. The van der Waals surface area contributed by atoms with E-state index in [0.29, 0.717) is 17.7 Å². The van der Waals surface area contributed by atoms with Crippen LogP contribution >= 0.6 is 0 Å². The van der Waals surface area contributed by atoms with Gasteiger partial charge in [0.1, 0.15) is 11.6 Å². The molecule has 0 radical (unpaired) electrons. The highest BCUT2D eigenvalue weighted by atomic mass is 19.1. The van der Waals surface area contributed by atoms with Crippen LogP contribution in [0.5, 0.6) is 5.75 Å². The maximum Gasteiger partial charge on any atom is 0.131 e. The normalized spacial score (nSPS) is 14.3. The minimum absolute atomic E-state index is 0.127. The van der Waals surface area contributed by atoms with Crippen LogP contribution in [0.15, 0.2) is 18.2 Å². The smallest absolute Gasteiger partial charge is 0.131 e. The van der Waals surface area contributed by atoms with E-state index in [1.165, 1.54) is 13.2 Å². The Morgan fingerprint density at radius 1 is 1.33 bits per heavy atom. The second-order valence-corrected chi connectivity index (χ2v) is 4.23. The van der Waals surface area contributed by atoms with Gasteiger partial charge in [0.05, 0.1) is 13.2 Å². The van der Waals surface area contributed by atoms with Crippen LogP contribution in [0.3, 0.4) is 0 Å². The fraction of sp³-hybridized carbons (Fsp3) is 0.538. The Bertz CT molecular complexity index is 374. The van der Waals surface area contributed by atoms with Crippen LogP contribution in [0.2, 0.25) is 0 Å². The number of rotatable bonds is 7. The van der Waals surface area contributed by atoms with Gasteiger partial charge in [0.2, 0.25) is 0 Å². The number of nitrogens with two attached hydrogens (primary N) is 1. The first kappa shape index (κ1) is 14.9. The van der Waals surface area contributed by atoms with Crippen molar-refractivity contribution in [3.63, 3.8) is 0 Å². The van der Waals surface area contributed by atoms with Crippen molar-refractivity contribution >= 4 is 0 Å². The summed E-state index contributed by atoms with van der Waals surface area (Å²) in [5.41, 5.74) is 3.18. The van der Waals surface area contributed by atoms with E-state index in [4.69, 9.17) is 15.3 Å². The molecule has 102 valence electrons. The zero-order valence-corrected chi connectivity index (χ0v) is 11.1. The Kier molecular flexibility index (Phi) is 6.04. The largest absolute Gasteiger partial charge is 0.497 e. The van der Waals surface area contributed by atoms with Crippen molar-refractivity contribution in [3.05, 3.63) is 29.6 Å². The standard InChI is InChI=1S/C13H21FN2O2/c1-9(17-2)4-7-13(16-15)11-6-5-10(18-3)8-12(11)14/h5-6,8-9,13,16H,4,7,15H2,1-3H3. The summed E-state index contributed by atoms with van der Waals surface area (Å²) in [5, 5.41) is 0. The molecule has 2 unspecified atom stereocenters. The van der Waals surface area contributed by atoms with Crippen LogP contribution in [0.25, 0.3) is 0 Å². The third kappa shape index (κ3) is 3.94. The molecule has 0 aromatic heterocycles. The number of hydrazine groups is 1. The van der Waals surface area contributed by atoms with E-state index < -0.39 is 0 Å². The number of halogens is 1. The van der Waals surface area contributed by atoms with Crippen LogP contribution in [0.1, 0.15) is 31.4 Å². The van der Waals surface area contributed by atoms with Crippen LogP contribution in [0.4, 0.5) is 4.39 Å². The summed E-state index contributed by atoms with van der Waals surface area (Å²) >= 11 is 0. The summed E-state index contributed by atoms with van der Waals surface area (Å²) in [5.74, 6) is 5.66. The fourth-order valence-corrected chi connectivity index (χ4v) is 1.77. The number of nitrogens with one attached hydrogen (secondary N) is 1. The molecule has 0 heterocycles. The van der Waals surface area contributed by atoms with Gasteiger partial charge in [0.25, 0.3) is 0 Å². The van der Waals surface area contributed by atoms with E-state index in [-0.39, 0.29) is 18.0 Å². The van der Waals surface area contributed by atoms with Crippen molar-refractivity contribution < 1.29 is 13.9 Å². The molecule has 3 N–H and O–H groups in total. The third-order valence-electron chi connectivity index (χ3n) is 3.05. The van der Waals surface area contributed by atoms with E-state index in [0.717, 1.165) is 6.42 Å². The molecule has 0 aliphatic heterocycles. The maximum absolute atomic E-state index is 13.9. The molecule has 1 rings (SSSR count). The molecule has 0 amide bonds. The van der Waals surface area contributed by atoms with Crippen molar-refractivity contribution in [2.75, 3.05) is 14.2 Å². The summed E-state index contributed by atoms with van der Waals surface area (Å²) in [6.45, 7) is 1.97. The van der Waals surface area contributed by atoms with Crippen LogP contribution < -0.4 is 16.0 Å². The molecule has 0 fully saturated rings. The quantitative estimate of drug-likeness (QED) is 0.580. The Labute approximate surface area is 107 Å². The minimum atomic E-state index is -0.317. The maximum atomic E-state index is 13.9. The number of benzene rings is 1. The van der Waals surface area contributed by atoms with Gasteiger partial charge in [-0.1, -0.05) is 6.07 Å². The molecule has 0 aliphatic rings. The van der Waals surface area contributed by atoms with Crippen molar-refractivity contribution in [1.82, 2.24) is 5.43 Å². The molecule has 0 spiro atoms. The predicted molar refractivity (Wildman–Crippen MR) is 68.7 cm³/mol. The summed E-state index contributed by atoms with van der Waals surface area (Å²) in [7, 11) is 3.16. The van der Waals surface area contributed by atoms with Gasteiger partial charge in [-0.15, -0.1) is 0 Å². The Balaban J connectivity index is 2.75. The number of ether oxygens (including phenoxy) is 2. The van der Waals surface area contributed by atoms with Gasteiger partial charge < -0.3 is 9.47 Å². The van der Waals surface area contributed by atoms with Gasteiger partial charge in [0.15, 0.2) is 0 Å². The van der Waals surface area contributed by atoms with Gasteiger partial charge >= 0.3 is 0 Å². The molecule has 0 aliphatic carbocycles. The van der Waals surface area contributed by atoms with Gasteiger partial charge in [-0.3, -0.25) is 11.3 Å². The first-order chi connectivity index (χ1) is 8.62. The average molecular weight is 256 g/mol. The van der Waals surface area contributed by atoms with E-state index in [1.54, 1.807) is 19.2 Å². The zero-order chi connectivity index (χ0) is 13.5. The van der Waals surface area contributed by atoms with E-state index in [9.17, 15) is 4.39 Å². The fourth-order valence-electron chi connectivity index (χ4n) is 1.77. The van der Waals surface area contributed by atoms with E-state index in [1.807, 2.05) is 6.92 Å². The lowest BCUT2D eigenvalue weighted by Gasteiger charge is -2.19. The molecule has 0 saturated heterocycles. The summed E-state index contributed by atoms with van der Waals surface area (Å²) in [6, 6.07) is 4.55. The highest BCUT2D eigenvalue weighted by molar-refractivity contribution is 5.30. The Hall–Kier alpha value is -1.17. The highest BCUT2D eigenvalue weighted by Crippen LogP contribution is 2.25. The number of methoxy groups -OCH3 is 2. The lowest BCUT2D eigenvalue weighted by Crippen LogP contribution is -2.29. The monoisotopic (exact) mass is 256 g/mol. The van der Waals surface area contributed by atoms with Crippen molar-refractivity contribution in [1.29, 1.82) is 0 Å². The van der Waals surface area contributed by atoms with Crippen molar-refractivity contribution in [3.8, 4) is 5.75 Å². The third-order valence-corrected chi connectivity index (χ3v) is 3.05. The predicted octanol–water partition coefficient (Wildman–Crippen LogP) is 2.15. The van der Waals surface area contributed by atoms with Crippen LogP contribution in [-0.2, 0) is 4.74 Å². The SMILES string of the molecule is COc1ccc(C(CCC(C)OC)NN)c(F)c1. The lowest BCUT2D eigenvalue weighted by atomic mass is 10.0. The Morgan fingerprint density at radius 2 is 2.06 bits per heavy atom. The van der Waals surface area contributed by atoms with E-state index >= 15 is 0 Å². The van der Waals surface area contributed by atoms with E-state index in [2.05, 4.69) is 5.43 Å². The zero-order valence-electron chi connectivity index (χ0n) is 11.1. The average Bonchev–Trinajstić information content (AvgIpc) is 2.40. The lowest BCUT2D eigenvalue weighted by molar-refractivity contribution is 0.106. The molecule has 4 nitrogen and oxygen atoms in total. The van der Waals surface area contributed by atoms with Crippen molar-refractivity contribution in [2.45, 2.75) is 31.9 Å². The van der Waals surface area contributed by atoms with Gasteiger partial charge in [-0.25, -0.2) is 4.39 Å². The molecular formula is C13H21FN2O2. The number of hydrogen-bond donors (Lipinski definition) is 2. The molecule has 1 aromatic carbocycles.